The lowest BCUT2D eigenvalue weighted by Gasteiger charge is -2.35. The fourth-order valence-electron chi connectivity index (χ4n) is 3.89. The summed E-state index contributed by atoms with van der Waals surface area (Å²) in [5.74, 6) is 2.38. The predicted octanol–water partition coefficient (Wildman–Crippen LogP) is 0.103. The van der Waals surface area contributed by atoms with Crippen LogP contribution in [0.2, 0.25) is 0 Å². The first-order valence-electron chi connectivity index (χ1n) is 6.74. The maximum atomic E-state index is 11.5. The van der Waals surface area contributed by atoms with Gasteiger partial charge in [-0.05, 0) is 44.7 Å². The highest BCUT2D eigenvalue weighted by molar-refractivity contribution is 7.91. The van der Waals surface area contributed by atoms with E-state index in [1.807, 2.05) is 0 Å². The minimum absolute atomic E-state index is 0.397. The van der Waals surface area contributed by atoms with Crippen LogP contribution in [0.4, 0.5) is 0 Å². The second-order valence-corrected chi connectivity index (χ2v) is 8.21. The number of hydrogen-bond acceptors (Lipinski definition) is 4. The van der Waals surface area contributed by atoms with Crippen LogP contribution in [-0.2, 0) is 9.84 Å². The smallest absolute Gasteiger partial charge is 0.150 e. The Bertz CT molecular complexity index is 381. The van der Waals surface area contributed by atoms with Crippen molar-refractivity contribution in [1.29, 1.82) is 0 Å². The number of likely N-dealkylation sites (tertiary alicyclic amines) is 1. The van der Waals surface area contributed by atoms with E-state index in [1.165, 1.54) is 6.54 Å². The van der Waals surface area contributed by atoms with Crippen LogP contribution in [0, 0.1) is 11.8 Å². The van der Waals surface area contributed by atoms with Crippen molar-refractivity contribution in [3.8, 4) is 0 Å². The van der Waals surface area contributed by atoms with Gasteiger partial charge in [0.15, 0.2) is 0 Å². The molecule has 4 nitrogen and oxygen atoms in total. The van der Waals surface area contributed by atoms with E-state index in [0.29, 0.717) is 23.6 Å². The summed E-state index contributed by atoms with van der Waals surface area (Å²) in [5, 5.41) is 3.47. The summed E-state index contributed by atoms with van der Waals surface area (Å²) >= 11 is 0. The van der Waals surface area contributed by atoms with Crippen molar-refractivity contribution in [2.24, 2.45) is 11.8 Å². The molecule has 17 heavy (non-hydrogen) atoms. The molecular formula is C12H22N2O2S. The van der Waals surface area contributed by atoms with Crippen molar-refractivity contribution >= 4 is 9.84 Å². The zero-order valence-corrected chi connectivity index (χ0v) is 11.2. The van der Waals surface area contributed by atoms with Gasteiger partial charge in [-0.1, -0.05) is 0 Å². The first kappa shape index (κ1) is 11.9. The molecule has 3 heterocycles. The Kier molecular flexibility index (Phi) is 2.96. The number of hydrogen-bond donors (Lipinski definition) is 1. The molecule has 0 aromatic rings. The van der Waals surface area contributed by atoms with Gasteiger partial charge in [-0.3, -0.25) is 4.90 Å². The van der Waals surface area contributed by atoms with Crippen molar-refractivity contribution < 1.29 is 8.42 Å². The van der Waals surface area contributed by atoms with E-state index in [9.17, 15) is 8.42 Å². The number of fused-ring (bicyclic) bond motifs is 1. The van der Waals surface area contributed by atoms with E-state index in [2.05, 4.69) is 17.1 Å². The molecule has 3 saturated heterocycles. The van der Waals surface area contributed by atoms with E-state index < -0.39 is 9.84 Å². The average Bonchev–Trinajstić information content (AvgIpc) is 2.83. The fourth-order valence-corrected chi connectivity index (χ4v) is 5.36. The molecule has 1 N–H and O–H groups in total. The first-order valence-corrected chi connectivity index (χ1v) is 8.56. The van der Waals surface area contributed by atoms with Gasteiger partial charge in [0.05, 0.1) is 11.5 Å². The molecule has 3 atom stereocenters. The van der Waals surface area contributed by atoms with Crippen molar-refractivity contribution in [3.05, 3.63) is 0 Å². The summed E-state index contributed by atoms with van der Waals surface area (Å²) in [6.45, 7) is 5.79. The highest BCUT2D eigenvalue weighted by Gasteiger charge is 2.44. The molecule has 0 radical (unpaired) electrons. The maximum Gasteiger partial charge on any atom is 0.150 e. The Morgan fingerprint density at radius 1 is 1.18 bits per heavy atom. The summed E-state index contributed by atoms with van der Waals surface area (Å²) in [4.78, 5) is 2.59. The molecule has 0 amide bonds. The van der Waals surface area contributed by atoms with E-state index in [0.717, 1.165) is 37.8 Å². The van der Waals surface area contributed by atoms with Crippen molar-refractivity contribution in [3.63, 3.8) is 0 Å². The van der Waals surface area contributed by atoms with Gasteiger partial charge >= 0.3 is 0 Å². The summed E-state index contributed by atoms with van der Waals surface area (Å²) < 4.78 is 22.9. The van der Waals surface area contributed by atoms with Crippen LogP contribution >= 0.6 is 0 Å². The lowest BCUT2D eigenvalue weighted by atomic mass is 9.95. The SMILES string of the molecule is CC1C2CNCC2CN1C1CCS(=O)(=O)CC1. The van der Waals surface area contributed by atoms with Gasteiger partial charge in [-0.25, -0.2) is 8.42 Å². The van der Waals surface area contributed by atoms with Gasteiger partial charge in [0.2, 0.25) is 0 Å². The molecule has 0 saturated carbocycles. The zero-order valence-electron chi connectivity index (χ0n) is 10.4. The molecule has 3 aliphatic rings. The lowest BCUT2D eigenvalue weighted by Crippen LogP contribution is -2.45. The van der Waals surface area contributed by atoms with Crippen LogP contribution in [0.5, 0.6) is 0 Å². The Morgan fingerprint density at radius 2 is 1.88 bits per heavy atom. The van der Waals surface area contributed by atoms with Crippen LogP contribution < -0.4 is 5.32 Å². The molecule has 0 spiro atoms. The van der Waals surface area contributed by atoms with Crippen LogP contribution in [0.15, 0.2) is 0 Å². The second-order valence-electron chi connectivity index (χ2n) is 5.90. The molecule has 0 aromatic heterocycles. The van der Waals surface area contributed by atoms with Gasteiger partial charge in [0, 0.05) is 18.6 Å². The quantitative estimate of drug-likeness (QED) is 0.725. The Labute approximate surface area is 104 Å². The molecule has 98 valence electrons. The fraction of sp³-hybridized carbons (Fsp3) is 1.00. The molecule has 3 aliphatic heterocycles. The van der Waals surface area contributed by atoms with Gasteiger partial charge < -0.3 is 5.32 Å². The third-order valence-corrected chi connectivity index (χ3v) is 6.69. The van der Waals surface area contributed by atoms with E-state index in [1.54, 1.807) is 0 Å². The highest BCUT2D eigenvalue weighted by Crippen LogP contribution is 2.35. The van der Waals surface area contributed by atoms with Crippen LogP contribution in [-0.4, -0.2) is 56.5 Å². The molecule has 3 fully saturated rings. The van der Waals surface area contributed by atoms with Crippen molar-refractivity contribution in [1.82, 2.24) is 10.2 Å². The normalized spacial score (nSPS) is 42.8. The van der Waals surface area contributed by atoms with Crippen LogP contribution in [0.3, 0.4) is 0 Å². The van der Waals surface area contributed by atoms with Crippen molar-refractivity contribution in [2.75, 3.05) is 31.1 Å². The van der Waals surface area contributed by atoms with E-state index in [4.69, 9.17) is 0 Å². The van der Waals surface area contributed by atoms with Gasteiger partial charge in [-0.15, -0.1) is 0 Å². The third-order valence-electron chi connectivity index (χ3n) is 4.97. The number of sulfone groups is 1. The Morgan fingerprint density at radius 3 is 2.53 bits per heavy atom. The number of rotatable bonds is 1. The van der Waals surface area contributed by atoms with Gasteiger partial charge in [-0.2, -0.15) is 0 Å². The standard InChI is InChI=1S/C12H22N2O2S/c1-9-12-7-13-6-10(12)8-14(9)11-2-4-17(15,16)5-3-11/h9-13H,2-8H2,1H3. The largest absolute Gasteiger partial charge is 0.316 e. The Balaban J connectivity index is 1.66. The average molecular weight is 258 g/mol. The molecule has 0 aliphatic carbocycles. The van der Waals surface area contributed by atoms with Gasteiger partial charge in [0.25, 0.3) is 0 Å². The summed E-state index contributed by atoms with van der Waals surface area (Å²) in [6, 6.07) is 1.14. The topological polar surface area (TPSA) is 49.4 Å². The minimum atomic E-state index is -2.72. The minimum Gasteiger partial charge on any atom is -0.316 e. The van der Waals surface area contributed by atoms with E-state index in [-0.39, 0.29) is 0 Å². The highest BCUT2D eigenvalue weighted by atomic mass is 32.2. The molecular weight excluding hydrogens is 236 g/mol. The first-order chi connectivity index (χ1) is 8.07. The summed E-state index contributed by atoms with van der Waals surface area (Å²) in [5.41, 5.74) is 0. The molecule has 3 rings (SSSR count). The summed E-state index contributed by atoms with van der Waals surface area (Å²) in [7, 11) is -2.72. The second kappa shape index (κ2) is 4.21. The predicted molar refractivity (Wildman–Crippen MR) is 67.7 cm³/mol. The molecule has 3 unspecified atom stereocenters. The molecule has 0 aromatic carbocycles. The number of nitrogens with zero attached hydrogens (tertiary/aromatic N) is 1. The van der Waals surface area contributed by atoms with Crippen LogP contribution in [0.1, 0.15) is 19.8 Å². The summed E-state index contributed by atoms with van der Waals surface area (Å²) in [6.07, 6.45) is 1.69. The molecule has 0 bridgehead atoms. The van der Waals surface area contributed by atoms with Crippen LogP contribution in [0.25, 0.3) is 0 Å². The zero-order chi connectivity index (χ0) is 12.0. The number of nitrogens with one attached hydrogen (secondary N) is 1. The third kappa shape index (κ3) is 2.13. The lowest BCUT2D eigenvalue weighted by molar-refractivity contribution is 0.159. The Hall–Kier alpha value is -0.130. The van der Waals surface area contributed by atoms with Gasteiger partial charge in [0.1, 0.15) is 9.84 Å². The monoisotopic (exact) mass is 258 g/mol. The maximum absolute atomic E-state index is 11.5. The van der Waals surface area contributed by atoms with E-state index >= 15 is 0 Å². The molecule has 5 heteroatoms. The van der Waals surface area contributed by atoms with Crippen molar-refractivity contribution in [2.45, 2.75) is 31.8 Å².